The number of hydrogen-bond acceptors (Lipinski definition) is 6. The largest absolute Gasteiger partial charge is 0.508 e. The maximum atomic E-state index is 10.6. The predicted molar refractivity (Wildman–Crippen MR) is 107 cm³/mol. The summed E-state index contributed by atoms with van der Waals surface area (Å²) in [6, 6.07) is 12.5. The van der Waals surface area contributed by atoms with Crippen molar-refractivity contribution in [2.45, 2.75) is 24.9 Å². The molecule has 7 nitrogen and oxygen atoms in total. The average Bonchev–Trinajstić information content (AvgIpc) is 2.74. The van der Waals surface area contributed by atoms with E-state index in [1.807, 2.05) is 24.3 Å². The number of halogens is 3. The number of benzene rings is 2. The summed E-state index contributed by atoms with van der Waals surface area (Å²) >= 11 is 0. The Morgan fingerprint density at radius 3 is 2.23 bits per heavy atom. The van der Waals surface area contributed by atoms with E-state index in [0.29, 0.717) is 17.2 Å². The summed E-state index contributed by atoms with van der Waals surface area (Å²) in [5.41, 5.74) is 2.32. The van der Waals surface area contributed by atoms with Crippen molar-refractivity contribution in [3.63, 3.8) is 0 Å². The van der Waals surface area contributed by atoms with E-state index in [1.165, 1.54) is 0 Å². The van der Waals surface area contributed by atoms with Gasteiger partial charge in [-0.15, -0.1) is 0 Å². The third-order valence-electron chi connectivity index (χ3n) is 4.90. The third kappa shape index (κ3) is 5.60. The Morgan fingerprint density at radius 2 is 1.65 bits per heavy atom. The Kier molecular flexibility index (Phi) is 6.59. The number of phenolic OH excluding ortho intramolecular Hbond substituents is 2. The van der Waals surface area contributed by atoms with Crippen molar-refractivity contribution in [1.82, 2.24) is 15.5 Å². The summed E-state index contributed by atoms with van der Waals surface area (Å²) in [4.78, 5) is 8.90. The molecule has 0 amide bonds. The molecule has 1 aliphatic heterocycles. The summed E-state index contributed by atoms with van der Waals surface area (Å²) in [6.07, 6.45) is -2.92. The average molecular weight is 435 g/mol. The van der Waals surface area contributed by atoms with Gasteiger partial charge in [0.1, 0.15) is 11.5 Å². The first-order valence-corrected chi connectivity index (χ1v) is 9.45. The van der Waals surface area contributed by atoms with Crippen LogP contribution in [0.3, 0.4) is 0 Å². The van der Waals surface area contributed by atoms with Crippen LogP contribution < -0.4 is 5.32 Å². The summed E-state index contributed by atoms with van der Waals surface area (Å²) in [6.45, 7) is 2.04. The van der Waals surface area contributed by atoms with Gasteiger partial charge in [-0.3, -0.25) is 0 Å². The van der Waals surface area contributed by atoms with Crippen LogP contribution >= 0.6 is 0 Å². The zero-order chi connectivity index (χ0) is 22.6. The topological polar surface area (TPSA) is 116 Å². The fourth-order valence-electron chi connectivity index (χ4n) is 3.30. The highest BCUT2D eigenvalue weighted by molar-refractivity contribution is 5.90. The van der Waals surface area contributed by atoms with Gasteiger partial charge in [-0.25, -0.2) is 4.79 Å². The molecule has 0 bridgehead atoms. The molecule has 1 fully saturated rings. The summed E-state index contributed by atoms with van der Waals surface area (Å²) in [5.74, 6) is -1.98. The van der Waals surface area contributed by atoms with Crippen LogP contribution in [0.5, 0.6) is 11.5 Å². The van der Waals surface area contributed by atoms with Crippen molar-refractivity contribution >= 4 is 16.7 Å². The van der Waals surface area contributed by atoms with E-state index in [1.54, 1.807) is 18.2 Å². The normalized spacial score (nSPS) is 14.7. The maximum Gasteiger partial charge on any atom is 0.490 e. The molecule has 1 saturated heterocycles. The van der Waals surface area contributed by atoms with Gasteiger partial charge in [-0.2, -0.15) is 23.4 Å². The second-order valence-electron chi connectivity index (χ2n) is 7.07. The van der Waals surface area contributed by atoms with E-state index in [2.05, 4.69) is 15.5 Å². The van der Waals surface area contributed by atoms with Crippen molar-refractivity contribution in [2.75, 3.05) is 13.1 Å². The number of carboxylic acid groups (broad SMARTS) is 1. The minimum Gasteiger partial charge on any atom is -0.508 e. The number of aliphatic carboxylic acids is 1. The molecule has 2 aromatic carbocycles. The maximum absolute atomic E-state index is 10.6. The molecular formula is C21H20F3N3O4. The highest BCUT2D eigenvalue weighted by Gasteiger charge is 2.38. The zero-order valence-electron chi connectivity index (χ0n) is 16.2. The number of phenols is 2. The standard InChI is InChI=1S/C19H19N3O2.C2HF3O2/c23-15-2-1-13-10-16(19(24)11-14(13)9-15)18-4-3-17(21-22-18)12-5-7-20-8-6-12;3-2(4,5)1(6)7/h1-4,9-12,20,23-24H,5-8H2;(H,6,7). The van der Waals surface area contributed by atoms with Crippen molar-refractivity contribution < 1.29 is 33.3 Å². The van der Waals surface area contributed by atoms with E-state index >= 15 is 0 Å². The number of carbonyl (C=O) groups is 1. The lowest BCUT2D eigenvalue weighted by molar-refractivity contribution is -0.192. The molecule has 0 radical (unpaired) electrons. The Bertz CT molecular complexity index is 1070. The van der Waals surface area contributed by atoms with Crippen LogP contribution in [0.15, 0.2) is 42.5 Å². The number of hydrogen-bond donors (Lipinski definition) is 4. The molecule has 2 heterocycles. The molecule has 0 unspecified atom stereocenters. The van der Waals surface area contributed by atoms with Gasteiger partial charge in [0.15, 0.2) is 0 Å². The van der Waals surface area contributed by atoms with Gasteiger partial charge in [0.25, 0.3) is 0 Å². The molecular weight excluding hydrogens is 415 g/mol. The van der Waals surface area contributed by atoms with Crippen LogP contribution in [-0.2, 0) is 4.79 Å². The summed E-state index contributed by atoms with van der Waals surface area (Å²) in [5, 5.41) is 40.8. The van der Waals surface area contributed by atoms with E-state index in [-0.39, 0.29) is 11.5 Å². The number of carboxylic acids is 1. The SMILES string of the molecule is O=C(O)C(F)(F)F.Oc1ccc2cc(-c3ccc(C4CCNCC4)nn3)c(O)cc2c1. The monoisotopic (exact) mass is 435 g/mol. The quantitative estimate of drug-likeness (QED) is 0.484. The van der Waals surface area contributed by atoms with Gasteiger partial charge in [0.05, 0.1) is 11.4 Å². The number of alkyl halides is 3. The molecule has 1 aromatic heterocycles. The summed E-state index contributed by atoms with van der Waals surface area (Å²) < 4.78 is 31.7. The van der Waals surface area contributed by atoms with Crippen LogP contribution in [0.25, 0.3) is 22.0 Å². The number of nitrogens with one attached hydrogen (secondary N) is 1. The number of aromatic nitrogens is 2. The van der Waals surface area contributed by atoms with E-state index < -0.39 is 12.1 Å². The van der Waals surface area contributed by atoms with Crippen LogP contribution in [0, 0.1) is 0 Å². The second-order valence-corrected chi connectivity index (χ2v) is 7.07. The molecule has 0 saturated carbocycles. The lowest BCUT2D eigenvalue weighted by Gasteiger charge is -2.21. The second kappa shape index (κ2) is 9.17. The minimum atomic E-state index is -5.08. The zero-order valence-corrected chi connectivity index (χ0v) is 16.2. The van der Waals surface area contributed by atoms with Crippen molar-refractivity contribution in [2.24, 2.45) is 0 Å². The molecule has 10 heteroatoms. The highest BCUT2D eigenvalue weighted by atomic mass is 19.4. The van der Waals surface area contributed by atoms with Crippen molar-refractivity contribution in [1.29, 1.82) is 0 Å². The number of piperidine rings is 1. The van der Waals surface area contributed by atoms with Gasteiger partial charge < -0.3 is 20.6 Å². The van der Waals surface area contributed by atoms with E-state index in [0.717, 1.165) is 42.4 Å². The molecule has 1 aliphatic rings. The Hall–Kier alpha value is -3.40. The molecule has 4 N–H and O–H groups in total. The van der Waals surface area contributed by atoms with Crippen molar-refractivity contribution in [3.8, 4) is 22.8 Å². The number of fused-ring (bicyclic) bond motifs is 1. The third-order valence-corrected chi connectivity index (χ3v) is 4.90. The molecule has 3 aromatic rings. The number of nitrogens with zero attached hydrogens (tertiary/aromatic N) is 2. The smallest absolute Gasteiger partial charge is 0.490 e. The molecule has 31 heavy (non-hydrogen) atoms. The fourth-order valence-corrected chi connectivity index (χ4v) is 3.30. The first-order valence-electron chi connectivity index (χ1n) is 9.45. The van der Waals surface area contributed by atoms with Crippen LogP contribution in [0.2, 0.25) is 0 Å². The molecule has 4 rings (SSSR count). The first-order chi connectivity index (χ1) is 14.6. The Morgan fingerprint density at radius 1 is 0.968 bits per heavy atom. The van der Waals surface area contributed by atoms with Crippen molar-refractivity contribution in [3.05, 3.63) is 48.2 Å². The lowest BCUT2D eigenvalue weighted by atomic mass is 9.94. The molecule has 0 atom stereocenters. The minimum absolute atomic E-state index is 0.136. The van der Waals surface area contributed by atoms with Gasteiger partial charge in [0, 0.05) is 11.5 Å². The van der Waals surface area contributed by atoms with E-state index in [4.69, 9.17) is 9.90 Å². The highest BCUT2D eigenvalue weighted by Crippen LogP contribution is 2.34. The molecule has 0 aliphatic carbocycles. The van der Waals surface area contributed by atoms with Crippen LogP contribution in [-0.4, -0.2) is 50.8 Å². The number of rotatable bonds is 2. The van der Waals surface area contributed by atoms with Gasteiger partial charge in [0.2, 0.25) is 0 Å². The van der Waals surface area contributed by atoms with Crippen LogP contribution in [0.4, 0.5) is 13.2 Å². The number of aromatic hydroxyl groups is 2. The predicted octanol–water partition coefficient (Wildman–Crippen LogP) is 3.81. The lowest BCUT2D eigenvalue weighted by Crippen LogP contribution is -2.27. The summed E-state index contributed by atoms with van der Waals surface area (Å²) in [7, 11) is 0. The molecule has 0 spiro atoms. The van der Waals surface area contributed by atoms with Gasteiger partial charge in [-0.1, -0.05) is 6.07 Å². The Balaban J connectivity index is 0.000000339. The van der Waals surface area contributed by atoms with Crippen LogP contribution in [0.1, 0.15) is 24.5 Å². The van der Waals surface area contributed by atoms with Gasteiger partial charge in [-0.05, 0) is 73.1 Å². The van der Waals surface area contributed by atoms with Gasteiger partial charge >= 0.3 is 12.1 Å². The fraction of sp³-hybridized carbons (Fsp3) is 0.286. The first kappa shape index (κ1) is 22.3. The Labute approximate surface area is 175 Å². The van der Waals surface area contributed by atoms with E-state index in [9.17, 15) is 23.4 Å². The molecule has 164 valence electrons.